The van der Waals surface area contributed by atoms with Gasteiger partial charge in [-0.05, 0) is 43.0 Å². The third-order valence-electron chi connectivity index (χ3n) is 2.98. The second kappa shape index (κ2) is 6.28. The molecule has 0 bridgehead atoms. The average Bonchev–Trinajstić information content (AvgIpc) is 2.29. The van der Waals surface area contributed by atoms with Crippen LogP contribution in [-0.2, 0) is 4.79 Å². The van der Waals surface area contributed by atoms with Gasteiger partial charge in [-0.2, -0.15) is 0 Å². The van der Waals surface area contributed by atoms with E-state index in [0.29, 0.717) is 6.54 Å². The maximum Gasteiger partial charge on any atom is 0.303 e. The Labute approximate surface area is 108 Å². The van der Waals surface area contributed by atoms with Crippen molar-refractivity contribution in [1.82, 2.24) is 0 Å². The van der Waals surface area contributed by atoms with Crippen LogP contribution < -0.4 is 10.1 Å². The van der Waals surface area contributed by atoms with Gasteiger partial charge in [0, 0.05) is 13.0 Å². The number of aryl methyl sites for hydroxylation is 2. The number of carbonyl (C=O) groups is 1. The Morgan fingerprint density at radius 2 is 2.00 bits per heavy atom. The molecular formula is C14H21NO3. The lowest BCUT2D eigenvalue weighted by Gasteiger charge is -2.16. The van der Waals surface area contributed by atoms with E-state index >= 15 is 0 Å². The number of hydrogen-bond acceptors (Lipinski definition) is 3. The van der Waals surface area contributed by atoms with E-state index in [4.69, 9.17) is 9.84 Å². The van der Waals surface area contributed by atoms with Crippen LogP contribution in [0, 0.1) is 19.8 Å². The zero-order valence-electron chi connectivity index (χ0n) is 11.4. The van der Waals surface area contributed by atoms with Gasteiger partial charge in [0.25, 0.3) is 0 Å². The molecule has 1 rings (SSSR count). The summed E-state index contributed by atoms with van der Waals surface area (Å²) in [4.78, 5) is 10.6. The summed E-state index contributed by atoms with van der Waals surface area (Å²) in [5.74, 6) is 0.103. The molecule has 0 spiro atoms. The fourth-order valence-corrected chi connectivity index (χ4v) is 1.75. The normalized spacial score (nSPS) is 12.0. The Bertz CT molecular complexity index is 429. The van der Waals surface area contributed by atoms with Crippen molar-refractivity contribution in [2.75, 3.05) is 19.0 Å². The van der Waals surface area contributed by atoms with Gasteiger partial charge in [-0.1, -0.05) is 6.92 Å². The molecule has 0 aliphatic heterocycles. The first-order valence-electron chi connectivity index (χ1n) is 6.05. The van der Waals surface area contributed by atoms with Crippen LogP contribution in [0.15, 0.2) is 12.1 Å². The summed E-state index contributed by atoms with van der Waals surface area (Å²) >= 11 is 0. The average molecular weight is 251 g/mol. The van der Waals surface area contributed by atoms with Crippen molar-refractivity contribution in [2.45, 2.75) is 27.2 Å². The standard InChI is InChI=1S/C14H21NO3/c1-9(5-14(16)17)8-15-12-6-10(2)11(3)7-13(12)18-4/h6-7,9,15H,5,8H2,1-4H3,(H,16,17). The van der Waals surface area contributed by atoms with E-state index in [-0.39, 0.29) is 12.3 Å². The zero-order valence-corrected chi connectivity index (χ0v) is 11.4. The van der Waals surface area contributed by atoms with Crippen molar-refractivity contribution < 1.29 is 14.6 Å². The molecule has 0 aliphatic carbocycles. The van der Waals surface area contributed by atoms with Crippen LogP contribution in [0.4, 0.5) is 5.69 Å². The number of aliphatic carboxylic acids is 1. The number of ether oxygens (including phenoxy) is 1. The largest absolute Gasteiger partial charge is 0.495 e. The van der Waals surface area contributed by atoms with Gasteiger partial charge in [0.15, 0.2) is 0 Å². The number of carboxylic acids is 1. The minimum atomic E-state index is -0.767. The van der Waals surface area contributed by atoms with Crippen molar-refractivity contribution in [3.8, 4) is 5.75 Å². The van der Waals surface area contributed by atoms with Crippen LogP contribution in [0.5, 0.6) is 5.75 Å². The highest BCUT2D eigenvalue weighted by molar-refractivity contribution is 5.67. The van der Waals surface area contributed by atoms with E-state index in [9.17, 15) is 4.79 Å². The third-order valence-corrected chi connectivity index (χ3v) is 2.98. The predicted octanol–water partition coefficient (Wildman–Crippen LogP) is 2.83. The SMILES string of the molecule is COc1cc(C)c(C)cc1NCC(C)CC(=O)O. The summed E-state index contributed by atoms with van der Waals surface area (Å²) in [5.41, 5.74) is 3.28. The molecule has 4 nitrogen and oxygen atoms in total. The Morgan fingerprint density at radius 1 is 1.39 bits per heavy atom. The number of anilines is 1. The summed E-state index contributed by atoms with van der Waals surface area (Å²) in [7, 11) is 1.63. The molecule has 1 atom stereocenters. The minimum absolute atomic E-state index is 0.0776. The maximum atomic E-state index is 10.6. The molecule has 18 heavy (non-hydrogen) atoms. The van der Waals surface area contributed by atoms with Gasteiger partial charge in [0.2, 0.25) is 0 Å². The lowest BCUT2D eigenvalue weighted by molar-refractivity contribution is -0.137. The van der Waals surface area contributed by atoms with Gasteiger partial charge in [0.1, 0.15) is 5.75 Å². The van der Waals surface area contributed by atoms with E-state index in [1.54, 1.807) is 7.11 Å². The van der Waals surface area contributed by atoms with Crippen molar-refractivity contribution in [1.29, 1.82) is 0 Å². The Kier molecular flexibility index (Phi) is 5.01. The Balaban J connectivity index is 2.72. The molecule has 2 N–H and O–H groups in total. The zero-order chi connectivity index (χ0) is 13.7. The lowest BCUT2D eigenvalue weighted by Crippen LogP contribution is -2.15. The molecular weight excluding hydrogens is 230 g/mol. The maximum absolute atomic E-state index is 10.6. The summed E-state index contributed by atoms with van der Waals surface area (Å²) < 4.78 is 5.32. The smallest absolute Gasteiger partial charge is 0.303 e. The molecule has 1 aromatic carbocycles. The van der Waals surface area contributed by atoms with E-state index < -0.39 is 5.97 Å². The molecule has 0 radical (unpaired) electrons. The van der Waals surface area contributed by atoms with Gasteiger partial charge in [0.05, 0.1) is 12.8 Å². The van der Waals surface area contributed by atoms with Crippen molar-refractivity contribution in [3.63, 3.8) is 0 Å². The highest BCUT2D eigenvalue weighted by atomic mass is 16.5. The van der Waals surface area contributed by atoms with Crippen LogP contribution in [0.25, 0.3) is 0 Å². The molecule has 0 saturated heterocycles. The van der Waals surface area contributed by atoms with Gasteiger partial charge in [-0.3, -0.25) is 4.79 Å². The monoisotopic (exact) mass is 251 g/mol. The van der Waals surface area contributed by atoms with Crippen LogP contribution >= 0.6 is 0 Å². The van der Waals surface area contributed by atoms with Gasteiger partial charge < -0.3 is 15.2 Å². The highest BCUT2D eigenvalue weighted by Gasteiger charge is 2.10. The third kappa shape index (κ3) is 3.95. The van der Waals surface area contributed by atoms with Crippen molar-refractivity contribution >= 4 is 11.7 Å². The molecule has 0 saturated carbocycles. The Morgan fingerprint density at radius 3 is 2.56 bits per heavy atom. The van der Waals surface area contributed by atoms with E-state index in [2.05, 4.69) is 5.32 Å². The molecule has 0 heterocycles. The predicted molar refractivity (Wildman–Crippen MR) is 72.4 cm³/mol. The number of benzene rings is 1. The summed E-state index contributed by atoms with van der Waals surface area (Å²) in [6.45, 7) is 6.61. The molecule has 0 fully saturated rings. The van der Waals surface area contributed by atoms with Gasteiger partial charge in [-0.25, -0.2) is 0 Å². The van der Waals surface area contributed by atoms with Crippen LogP contribution in [0.3, 0.4) is 0 Å². The molecule has 0 aliphatic rings. The number of methoxy groups -OCH3 is 1. The fraction of sp³-hybridized carbons (Fsp3) is 0.500. The van der Waals surface area contributed by atoms with E-state index in [1.165, 1.54) is 11.1 Å². The lowest BCUT2D eigenvalue weighted by atomic mass is 10.1. The number of nitrogens with one attached hydrogen (secondary N) is 1. The molecule has 1 unspecified atom stereocenters. The van der Waals surface area contributed by atoms with Crippen LogP contribution in [0.2, 0.25) is 0 Å². The minimum Gasteiger partial charge on any atom is -0.495 e. The molecule has 100 valence electrons. The van der Waals surface area contributed by atoms with E-state index in [1.807, 2.05) is 32.9 Å². The number of hydrogen-bond donors (Lipinski definition) is 2. The molecule has 1 aromatic rings. The second-order valence-electron chi connectivity index (χ2n) is 4.72. The topological polar surface area (TPSA) is 58.6 Å². The fourth-order valence-electron chi connectivity index (χ4n) is 1.75. The number of carboxylic acid groups (broad SMARTS) is 1. The van der Waals surface area contributed by atoms with Crippen LogP contribution in [0.1, 0.15) is 24.5 Å². The number of rotatable bonds is 6. The van der Waals surface area contributed by atoms with Crippen molar-refractivity contribution in [3.05, 3.63) is 23.3 Å². The Hall–Kier alpha value is -1.71. The molecule has 0 aromatic heterocycles. The summed E-state index contributed by atoms with van der Waals surface area (Å²) in [5, 5.41) is 12.0. The van der Waals surface area contributed by atoms with Crippen LogP contribution in [-0.4, -0.2) is 24.7 Å². The molecule has 0 amide bonds. The second-order valence-corrected chi connectivity index (χ2v) is 4.72. The first-order valence-corrected chi connectivity index (χ1v) is 6.05. The van der Waals surface area contributed by atoms with E-state index in [0.717, 1.165) is 11.4 Å². The first-order chi connectivity index (χ1) is 8.43. The quantitative estimate of drug-likeness (QED) is 0.816. The van der Waals surface area contributed by atoms with Gasteiger partial charge in [-0.15, -0.1) is 0 Å². The summed E-state index contributed by atoms with van der Waals surface area (Å²) in [6.07, 6.45) is 0.167. The van der Waals surface area contributed by atoms with Crippen molar-refractivity contribution in [2.24, 2.45) is 5.92 Å². The summed E-state index contributed by atoms with van der Waals surface area (Å²) in [6, 6.07) is 4.02. The highest BCUT2D eigenvalue weighted by Crippen LogP contribution is 2.28. The van der Waals surface area contributed by atoms with Gasteiger partial charge >= 0.3 is 5.97 Å². The molecule has 4 heteroatoms. The first kappa shape index (κ1) is 14.4.